The topological polar surface area (TPSA) is 72.6 Å². The van der Waals surface area contributed by atoms with Crippen molar-refractivity contribution in [1.82, 2.24) is 4.98 Å². The van der Waals surface area contributed by atoms with Gasteiger partial charge in [-0.2, -0.15) is 0 Å². The lowest BCUT2D eigenvalue weighted by atomic mass is 9.97. The third-order valence-electron chi connectivity index (χ3n) is 6.60. The Kier molecular flexibility index (Phi) is 6.12. The Balaban J connectivity index is 1.63. The number of hydrogen-bond acceptors (Lipinski definition) is 5. The van der Waals surface area contributed by atoms with Crippen molar-refractivity contribution in [2.75, 3.05) is 11.5 Å². The lowest BCUT2D eigenvalue weighted by Crippen LogP contribution is -2.30. The standard InChI is InChI=1S/C29H28N2O4/c1-4-5-8-15-34-21-12-10-20(11-13-21)26-25-27(32)22-16-18(2)19(3)17-23(22)35-28(25)29(33)31(26)24-9-6-7-14-30-24/h6-7,9-14,16-17,26H,4-5,8,15H2,1-3H3. The fourth-order valence-corrected chi connectivity index (χ4v) is 4.56. The van der Waals surface area contributed by atoms with E-state index < -0.39 is 6.04 Å². The van der Waals surface area contributed by atoms with Crippen molar-refractivity contribution in [1.29, 1.82) is 0 Å². The number of hydrogen-bond donors (Lipinski definition) is 0. The van der Waals surface area contributed by atoms with E-state index in [1.165, 1.54) is 0 Å². The molecular formula is C29H28N2O4. The van der Waals surface area contributed by atoms with Crippen molar-refractivity contribution >= 4 is 22.7 Å². The smallest absolute Gasteiger partial charge is 0.296 e. The Hall–Kier alpha value is -3.93. The van der Waals surface area contributed by atoms with E-state index in [2.05, 4.69) is 11.9 Å². The number of amides is 1. The zero-order valence-electron chi connectivity index (χ0n) is 20.2. The Labute approximate surface area is 204 Å². The molecular weight excluding hydrogens is 440 g/mol. The number of nitrogens with zero attached hydrogens (tertiary/aromatic N) is 2. The number of ether oxygens (including phenoxy) is 1. The van der Waals surface area contributed by atoms with Gasteiger partial charge in [-0.1, -0.05) is 38.0 Å². The minimum absolute atomic E-state index is 0.0706. The van der Waals surface area contributed by atoms with Crippen LogP contribution in [0.4, 0.5) is 5.82 Å². The highest BCUT2D eigenvalue weighted by atomic mass is 16.5. The molecule has 0 bridgehead atoms. The number of aromatic nitrogens is 1. The third-order valence-corrected chi connectivity index (χ3v) is 6.60. The lowest BCUT2D eigenvalue weighted by Gasteiger charge is -2.24. The van der Waals surface area contributed by atoms with Crippen LogP contribution in [0.5, 0.6) is 5.75 Å². The second kappa shape index (κ2) is 9.37. The van der Waals surface area contributed by atoms with Crippen molar-refractivity contribution in [2.45, 2.75) is 46.1 Å². The number of pyridine rings is 1. The quantitative estimate of drug-likeness (QED) is 0.305. The molecule has 1 amide bonds. The van der Waals surface area contributed by atoms with Crippen LogP contribution in [-0.2, 0) is 0 Å². The second-order valence-corrected chi connectivity index (χ2v) is 9.00. The van der Waals surface area contributed by atoms with Crippen LogP contribution in [0.2, 0.25) is 0 Å². The molecule has 1 unspecified atom stereocenters. The number of carbonyl (C=O) groups is 1. The number of unbranched alkanes of at least 4 members (excludes halogenated alkanes) is 2. The average Bonchev–Trinajstić information content (AvgIpc) is 3.16. The average molecular weight is 469 g/mol. The second-order valence-electron chi connectivity index (χ2n) is 9.00. The molecule has 0 saturated heterocycles. The molecule has 5 rings (SSSR count). The largest absolute Gasteiger partial charge is 0.494 e. The van der Waals surface area contributed by atoms with Crippen molar-refractivity contribution in [3.8, 4) is 5.75 Å². The van der Waals surface area contributed by atoms with Crippen molar-refractivity contribution in [3.05, 3.63) is 99.0 Å². The van der Waals surface area contributed by atoms with Gasteiger partial charge < -0.3 is 9.15 Å². The summed E-state index contributed by atoms with van der Waals surface area (Å²) in [6, 6.07) is 16.0. The molecule has 1 aliphatic rings. The fourth-order valence-electron chi connectivity index (χ4n) is 4.56. The monoisotopic (exact) mass is 468 g/mol. The molecule has 1 aliphatic heterocycles. The summed E-state index contributed by atoms with van der Waals surface area (Å²) in [5.74, 6) is 0.919. The number of carbonyl (C=O) groups excluding carboxylic acids is 1. The summed E-state index contributed by atoms with van der Waals surface area (Å²) in [6.45, 7) is 6.74. The number of rotatable bonds is 7. The van der Waals surface area contributed by atoms with E-state index in [0.29, 0.717) is 29.0 Å². The summed E-state index contributed by atoms with van der Waals surface area (Å²) in [4.78, 5) is 33.4. The highest BCUT2D eigenvalue weighted by Gasteiger charge is 2.44. The van der Waals surface area contributed by atoms with Crippen LogP contribution in [-0.4, -0.2) is 17.5 Å². The summed E-state index contributed by atoms with van der Waals surface area (Å²) in [5.41, 5.74) is 3.35. The van der Waals surface area contributed by atoms with E-state index in [1.54, 1.807) is 23.2 Å². The maximum atomic E-state index is 13.8. The molecule has 2 aromatic carbocycles. The predicted molar refractivity (Wildman–Crippen MR) is 136 cm³/mol. The first-order chi connectivity index (χ1) is 17.0. The molecule has 0 spiro atoms. The van der Waals surface area contributed by atoms with Gasteiger partial charge in [0.05, 0.1) is 23.6 Å². The molecule has 0 fully saturated rings. The number of benzene rings is 2. The summed E-state index contributed by atoms with van der Waals surface area (Å²) >= 11 is 0. The number of aryl methyl sites for hydroxylation is 2. The van der Waals surface area contributed by atoms with Crippen molar-refractivity contribution in [2.24, 2.45) is 0 Å². The van der Waals surface area contributed by atoms with Gasteiger partial charge in [0.15, 0.2) is 5.43 Å². The van der Waals surface area contributed by atoms with Gasteiger partial charge in [0, 0.05) is 6.20 Å². The van der Waals surface area contributed by atoms with Gasteiger partial charge in [-0.15, -0.1) is 0 Å². The number of fused-ring (bicyclic) bond motifs is 2. The van der Waals surface area contributed by atoms with Gasteiger partial charge in [0.1, 0.15) is 17.2 Å². The van der Waals surface area contributed by atoms with Crippen LogP contribution in [0.15, 0.2) is 70.0 Å². The van der Waals surface area contributed by atoms with Crippen LogP contribution in [0.25, 0.3) is 11.0 Å². The molecule has 3 heterocycles. The maximum Gasteiger partial charge on any atom is 0.296 e. The highest BCUT2D eigenvalue weighted by Crippen LogP contribution is 2.41. The minimum Gasteiger partial charge on any atom is -0.494 e. The Bertz CT molecular complexity index is 1440. The molecule has 0 N–H and O–H groups in total. The zero-order chi connectivity index (χ0) is 24.5. The normalized spacial score (nSPS) is 15.0. The first-order valence-corrected chi connectivity index (χ1v) is 12.0. The molecule has 0 aliphatic carbocycles. The SMILES string of the molecule is CCCCCOc1ccc(C2c3c(oc4cc(C)c(C)cc4c3=O)C(=O)N2c2ccccn2)cc1. The van der Waals surface area contributed by atoms with Gasteiger partial charge in [-0.05, 0) is 73.4 Å². The predicted octanol–water partition coefficient (Wildman–Crippen LogP) is 6.12. The fraction of sp³-hybridized carbons (Fsp3) is 0.276. The molecule has 6 nitrogen and oxygen atoms in total. The van der Waals surface area contributed by atoms with Crippen molar-refractivity contribution < 1.29 is 13.9 Å². The van der Waals surface area contributed by atoms with E-state index in [9.17, 15) is 9.59 Å². The molecule has 0 radical (unpaired) electrons. The molecule has 2 aromatic heterocycles. The minimum atomic E-state index is -0.649. The van der Waals surface area contributed by atoms with E-state index in [0.717, 1.165) is 41.7 Å². The molecule has 178 valence electrons. The van der Waals surface area contributed by atoms with Crippen LogP contribution in [0, 0.1) is 13.8 Å². The Morgan fingerprint density at radius 1 is 1.00 bits per heavy atom. The lowest BCUT2D eigenvalue weighted by molar-refractivity contribution is 0.0970. The Morgan fingerprint density at radius 2 is 1.77 bits per heavy atom. The van der Waals surface area contributed by atoms with Crippen LogP contribution in [0.3, 0.4) is 0 Å². The molecule has 4 aromatic rings. The Morgan fingerprint density at radius 3 is 2.49 bits per heavy atom. The molecule has 1 atom stereocenters. The zero-order valence-corrected chi connectivity index (χ0v) is 20.2. The maximum absolute atomic E-state index is 13.8. The van der Waals surface area contributed by atoms with Crippen LogP contribution >= 0.6 is 0 Å². The van der Waals surface area contributed by atoms with Crippen LogP contribution in [0.1, 0.15) is 65.0 Å². The van der Waals surface area contributed by atoms with E-state index >= 15 is 0 Å². The molecule has 35 heavy (non-hydrogen) atoms. The third kappa shape index (κ3) is 4.09. The van der Waals surface area contributed by atoms with Crippen LogP contribution < -0.4 is 15.1 Å². The van der Waals surface area contributed by atoms with E-state index in [1.807, 2.05) is 56.3 Å². The first-order valence-electron chi connectivity index (χ1n) is 12.0. The van der Waals surface area contributed by atoms with Crippen molar-refractivity contribution in [3.63, 3.8) is 0 Å². The highest BCUT2D eigenvalue weighted by molar-refractivity contribution is 6.10. The van der Waals surface area contributed by atoms with E-state index in [4.69, 9.17) is 9.15 Å². The van der Waals surface area contributed by atoms with E-state index in [-0.39, 0.29) is 17.1 Å². The van der Waals surface area contributed by atoms with Gasteiger partial charge in [0.2, 0.25) is 5.76 Å². The number of anilines is 1. The summed E-state index contributed by atoms with van der Waals surface area (Å²) in [7, 11) is 0. The first kappa shape index (κ1) is 22.8. The van der Waals surface area contributed by atoms with Gasteiger partial charge >= 0.3 is 0 Å². The summed E-state index contributed by atoms with van der Waals surface area (Å²) in [6.07, 6.45) is 4.90. The summed E-state index contributed by atoms with van der Waals surface area (Å²) in [5, 5.41) is 0.475. The molecule has 0 saturated carbocycles. The van der Waals surface area contributed by atoms with Gasteiger partial charge in [-0.25, -0.2) is 4.98 Å². The van der Waals surface area contributed by atoms with Gasteiger partial charge in [0.25, 0.3) is 5.91 Å². The molecule has 6 heteroatoms. The van der Waals surface area contributed by atoms with Gasteiger partial charge in [-0.3, -0.25) is 14.5 Å². The summed E-state index contributed by atoms with van der Waals surface area (Å²) < 4.78 is 12.0.